The molecular weight excluding hydrogens is 304 g/mol. The van der Waals surface area contributed by atoms with E-state index in [9.17, 15) is 9.59 Å². The first kappa shape index (κ1) is 15.4. The van der Waals surface area contributed by atoms with Crippen LogP contribution in [0.2, 0.25) is 0 Å². The van der Waals surface area contributed by atoms with Gasteiger partial charge in [-0.25, -0.2) is 4.79 Å². The lowest BCUT2D eigenvalue weighted by atomic mass is 9.72. The van der Waals surface area contributed by atoms with E-state index < -0.39 is 5.41 Å². The maximum Gasteiger partial charge on any atom is 0.317 e. The first-order valence-corrected chi connectivity index (χ1v) is 8.81. The molecule has 0 spiro atoms. The summed E-state index contributed by atoms with van der Waals surface area (Å²) in [6, 6.07) is 10.3. The van der Waals surface area contributed by atoms with Crippen LogP contribution < -0.4 is 10.6 Å². The number of piperazine rings is 1. The maximum atomic E-state index is 13.5. The summed E-state index contributed by atoms with van der Waals surface area (Å²) in [7, 11) is 0. The Morgan fingerprint density at radius 1 is 1.12 bits per heavy atom. The fourth-order valence-corrected chi connectivity index (χ4v) is 4.33. The van der Waals surface area contributed by atoms with Gasteiger partial charge in [0.25, 0.3) is 0 Å². The van der Waals surface area contributed by atoms with Crippen molar-refractivity contribution in [2.45, 2.75) is 24.3 Å². The van der Waals surface area contributed by atoms with E-state index in [1.807, 2.05) is 28.0 Å². The molecule has 0 radical (unpaired) electrons. The van der Waals surface area contributed by atoms with Crippen molar-refractivity contribution < 1.29 is 9.59 Å². The maximum absolute atomic E-state index is 13.5. The van der Waals surface area contributed by atoms with Crippen LogP contribution in [0.5, 0.6) is 0 Å². The molecule has 128 valence electrons. The average Bonchev–Trinajstić information content (AvgIpc) is 3.03. The summed E-state index contributed by atoms with van der Waals surface area (Å²) in [4.78, 5) is 29.1. The van der Waals surface area contributed by atoms with Crippen molar-refractivity contribution in [1.29, 1.82) is 0 Å². The second-order valence-corrected chi connectivity index (χ2v) is 6.98. The zero-order valence-corrected chi connectivity index (χ0v) is 13.8. The highest BCUT2D eigenvalue weighted by atomic mass is 16.2. The predicted octanol–water partition coefficient (Wildman–Crippen LogP) is 0.544. The van der Waals surface area contributed by atoms with Gasteiger partial charge >= 0.3 is 6.03 Å². The second-order valence-electron chi connectivity index (χ2n) is 6.98. The summed E-state index contributed by atoms with van der Waals surface area (Å²) in [6.45, 7) is 4.27. The fourth-order valence-electron chi connectivity index (χ4n) is 4.33. The van der Waals surface area contributed by atoms with Crippen LogP contribution in [-0.2, 0) is 10.2 Å². The Kier molecular flexibility index (Phi) is 3.92. The molecule has 0 bridgehead atoms. The van der Waals surface area contributed by atoms with Crippen LogP contribution in [0.15, 0.2) is 30.3 Å². The van der Waals surface area contributed by atoms with E-state index in [0.29, 0.717) is 26.2 Å². The molecule has 0 aliphatic carbocycles. The van der Waals surface area contributed by atoms with Crippen molar-refractivity contribution in [1.82, 2.24) is 20.4 Å². The van der Waals surface area contributed by atoms with Gasteiger partial charge in [-0.15, -0.1) is 0 Å². The Balaban J connectivity index is 1.59. The van der Waals surface area contributed by atoms with Crippen molar-refractivity contribution >= 4 is 11.9 Å². The van der Waals surface area contributed by atoms with Gasteiger partial charge in [0.1, 0.15) is 0 Å². The van der Waals surface area contributed by atoms with E-state index in [1.165, 1.54) is 0 Å². The minimum absolute atomic E-state index is 0.00624. The first-order chi connectivity index (χ1) is 11.7. The number of urea groups is 1. The summed E-state index contributed by atoms with van der Waals surface area (Å²) >= 11 is 0. The Hall–Kier alpha value is -2.08. The lowest BCUT2D eigenvalue weighted by Gasteiger charge is -2.44. The van der Waals surface area contributed by atoms with Crippen LogP contribution in [0.1, 0.15) is 18.4 Å². The highest BCUT2D eigenvalue weighted by Crippen LogP contribution is 2.36. The van der Waals surface area contributed by atoms with E-state index in [2.05, 4.69) is 22.8 Å². The number of rotatable bonds is 2. The fraction of sp³-hybridized carbons (Fsp3) is 0.556. The molecule has 1 aromatic rings. The number of hydrogen-bond donors (Lipinski definition) is 2. The van der Waals surface area contributed by atoms with Gasteiger partial charge in [-0.2, -0.15) is 0 Å². The molecule has 3 fully saturated rings. The topological polar surface area (TPSA) is 64.7 Å². The summed E-state index contributed by atoms with van der Waals surface area (Å²) in [5.74, 6) is 0.231. The van der Waals surface area contributed by atoms with E-state index >= 15 is 0 Å². The number of piperidine rings is 1. The largest absolute Gasteiger partial charge is 0.338 e. The number of carbonyl (C=O) groups excluding carboxylic acids is 2. The third-order valence-electron chi connectivity index (χ3n) is 5.71. The summed E-state index contributed by atoms with van der Waals surface area (Å²) in [5, 5.41) is 6.26. The van der Waals surface area contributed by atoms with E-state index in [4.69, 9.17) is 0 Å². The molecule has 1 aromatic carbocycles. The third kappa shape index (κ3) is 2.45. The summed E-state index contributed by atoms with van der Waals surface area (Å²) < 4.78 is 0. The smallest absolute Gasteiger partial charge is 0.317 e. The molecule has 4 rings (SSSR count). The minimum Gasteiger partial charge on any atom is -0.338 e. The Bertz CT molecular complexity index is 627. The van der Waals surface area contributed by atoms with Crippen LogP contribution in [0.25, 0.3) is 0 Å². The summed E-state index contributed by atoms with van der Waals surface area (Å²) in [6.07, 6.45) is 1.66. The number of nitrogens with zero attached hydrogens (tertiary/aromatic N) is 2. The van der Waals surface area contributed by atoms with Crippen molar-refractivity contribution in [3.8, 4) is 0 Å². The van der Waals surface area contributed by atoms with Gasteiger partial charge in [0.15, 0.2) is 0 Å². The van der Waals surface area contributed by atoms with Gasteiger partial charge in [-0.1, -0.05) is 30.3 Å². The number of carbonyl (C=O) groups is 2. The van der Waals surface area contributed by atoms with Crippen LogP contribution in [-0.4, -0.2) is 67.0 Å². The van der Waals surface area contributed by atoms with Crippen molar-refractivity contribution in [3.05, 3.63) is 35.9 Å². The molecule has 6 nitrogen and oxygen atoms in total. The molecule has 24 heavy (non-hydrogen) atoms. The van der Waals surface area contributed by atoms with Gasteiger partial charge in [0.05, 0.1) is 11.5 Å². The normalized spacial score (nSPS) is 26.0. The van der Waals surface area contributed by atoms with E-state index in [1.54, 1.807) is 0 Å². The molecule has 0 aromatic heterocycles. The van der Waals surface area contributed by atoms with E-state index in [0.717, 1.165) is 31.5 Å². The van der Waals surface area contributed by atoms with Crippen LogP contribution in [0.4, 0.5) is 4.79 Å². The van der Waals surface area contributed by atoms with Gasteiger partial charge in [-0.05, 0) is 31.5 Å². The lowest BCUT2D eigenvalue weighted by molar-refractivity contribution is -0.140. The number of fused-ring (bicyclic) bond motifs is 1. The summed E-state index contributed by atoms with van der Waals surface area (Å²) in [5.41, 5.74) is 0.699. The van der Waals surface area contributed by atoms with Crippen molar-refractivity contribution in [3.63, 3.8) is 0 Å². The predicted molar refractivity (Wildman–Crippen MR) is 90.7 cm³/mol. The lowest BCUT2D eigenvalue weighted by Crippen LogP contribution is -2.59. The Morgan fingerprint density at radius 3 is 2.62 bits per heavy atom. The molecule has 3 aliphatic heterocycles. The average molecular weight is 328 g/mol. The molecule has 1 atom stereocenters. The van der Waals surface area contributed by atoms with Crippen LogP contribution in [0.3, 0.4) is 0 Å². The monoisotopic (exact) mass is 328 g/mol. The molecule has 2 N–H and O–H groups in total. The number of benzene rings is 1. The standard InChI is InChI=1S/C18H24N4O2/c23-16(21-10-11-22-15(13-21)12-20-17(22)24)18(6-8-19-9-7-18)14-4-2-1-3-5-14/h1-5,15,19H,6-13H2,(H,20,24)/t15-/m1/s1. The SMILES string of the molecule is O=C1NC[C@@H]2CN(C(=O)C3(c4ccccc4)CCNCC3)CCN12. The highest BCUT2D eigenvalue weighted by molar-refractivity contribution is 5.89. The van der Waals surface area contributed by atoms with Gasteiger partial charge < -0.3 is 20.4 Å². The van der Waals surface area contributed by atoms with E-state index in [-0.39, 0.29) is 18.0 Å². The minimum atomic E-state index is -0.426. The molecule has 3 heterocycles. The quantitative estimate of drug-likeness (QED) is 0.833. The molecule has 3 aliphatic rings. The number of nitrogens with one attached hydrogen (secondary N) is 2. The Labute approximate surface area is 142 Å². The molecule has 6 heteroatoms. The number of hydrogen-bond acceptors (Lipinski definition) is 3. The molecule has 0 unspecified atom stereocenters. The highest BCUT2D eigenvalue weighted by Gasteiger charge is 2.46. The molecule has 0 saturated carbocycles. The second kappa shape index (κ2) is 6.09. The zero-order valence-electron chi connectivity index (χ0n) is 13.8. The molecule has 3 saturated heterocycles. The Morgan fingerprint density at radius 2 is 1.88 bits per heavy atom. The van der Waals surface area contributed by atoms with Crippen molar-refractivity contribution in [2.75, 3.05) is 39.3 Å². The van der Waals surface area contributed by atoms with Crippen LogP contribution in [0, 0.1) is 0 Å². The van der Waals surface area contributed by atoms with Gasteiger partial charge in [0.2, 0.25) is 5.91 Å². The molecule has 3 amide bonds. The molecular formula is C18H24N4O2. The van der Waals surface area contributed by atoms with Gasteiger partial charge in [0, 0.05) is 26.2 Å². The zero-order chi connectivity index (χ0) is 16.6. The van der Waals surface area contributed by atoms with Crippen molar-refractivity contribution in [2.24, 2.45) is 0 Å². The van der Waals surface area contributed by atoms with Gasteiger partial charge in [-0.3, -0.25) is 4.79 Å². The first-order valence-electron chi connectivity index (χ1n) is 8.81. The number of amides is 3. The van der Waals surface area contributed by atoms with Crippen LogP contribution >= 0.6 is 0 Å². The third-order valence-corrected chi connectivity index (χ3v) is 5.71.